The van der Waals surface area contributed by atoms with Gasteiger partial charge in [0.05, 0.1) is 17.5 Å². The fourth-order valence-corrected chi connectivity index (χ4v) is 8.08. The number of hydrogen-bond donors (Lipinski definition) is 3. The number of amides is 1. The van der Waals surface area contributed by atoms with E-state index in [-0.39, 0.29) is 24.2 Å². The van der Waals surface area contributed by atoms with Crippen molar-refractivity contribution in [2.75, 3.05) is 46.2 Å². The third-order valence-electron chi connectivity index (χ3n) is 10.4. The predicted octanol–water partition coefficient (Wildman–Crippen LogP) is 2.51. The van der Waals surface area contributed by atoms with Gasteiger partial charge >= 0.3 is 0 Å². The molecule has 0 bridgehead atoms. The van der Waals surface area contributed by atoms with Crippen LogP contribution in [0, 0.1) is 23.7 Å². The molecule has 0 aliphatic heterocycles. The van der Waals surface area contributed by atoms with E-state index in [9.17, 15) is 34.2 Å². The standard InChI is InChI=1S/C35H52N4O7/c1-7-9-11-13-15-39(14-12-10-8-2)19-21-18-24(37(3)4)22-16-20-17-23-28(38(5)6)31(42)27(34(36)45)33(44)35(23,46)32(43)25(20)30(41)26(22)29(21)40/h18,20,23,25,27-28,40,46H,7-17,19H2,1-6H3,(H2,36,45)/t20-,23-,25?,27?,28-,35-/m0/s1. The van der Waals surface area contributed by atoms with Gasteiger partial charge < -0.3 is 20.8 Å². The fraction of sp³-hybridized carbons (Fsp3) is 0.686. The normalized spacial score (nSPS) is 27.5. The molecule has 0 aromatic heterocycles. The van der Waals surface area contributed by atoms with Crippen LogP contribution in [-0.4, -0.2) is 102 Å². The molecule has 0 spiro atoms. The molecule has 0 radical (unpaired) electrons. The first-order chi connectivity index (χ1) is 21.7. The number of likely N-dealkylation sites (N-methyl/N-ethyl adjacent to an activating group) is 1. The van der Waals surface area contributed by atoms with E-state index in [0.29, 0.717) is 17.7 Å². The molecule has 3 aliphatic rings. The van der Waals surface area contributed by atoms with E-state index in [1.807, 2.05) is 25.1 Å². The molecular formula is C35H52N4O7. The quantitative estimate of drug-likeness (QED) is 0.204. The zero-order valence-corrected chi connectivity index (χ0v) is 28.3. The number of benzene rings is 1. The topological polar surface area (TPSA) is 162 Å². The average molecular weight is 641 g/mol. The van der Waals surface area contributed by atoms with Crippen LogP contribution in [0.25, 0.3) is 0 Å². The Morgan fingerprint density at radius 2 is 1.57 bits per heavy atom. The summed E-state index contributed by atoms with van der Waals surface area (Å²) in [5.41, 5.74) is 4.71. The summed E-state index contributed by atoms with van der Waals surface area (Å²) >= 11 is 0. The van der Waals surface area contributed by atoms with E-state index < -0.39 is 64.4 Å². The lowest BCUT2D eigenvalue weighted by molar-refractivity contribution is -0.181. The van der Waals surface area contributed by atoms with Gasteiger partial charge in [-0.3, -0.25) is 33.8 Å². The number of carbonyl (C=O) groups excluding carboxylic acids is 5. The summed E-state index contributed by atoms with van der Waals surface area (Å²) in [5, 5.41) is 23.6. The summed E-state index contributed by atoms with van der Waals surface area (Å²) in [5.74, 6) is -10.2. The van der Waals surface area contributed by atoms with Gasteiger partial charge in [0.25, 0.3) is 0 Å². The Hall–Kier alpha value is -3.15. The van der Waals surface area contributed by atoms with Crippen molar-refractivity contribution in [3.63, 3.8) is 0 Å². The Labute approximate surface area is 272 Å². The third kappa shape index (κ3) is 6.25. The maximum Gasteiger partial charge on any atom is 0.235 e. The van der Waals surface area contributed by atoms with Gasteiger partial charge in [-0.2, -0.15) is 0 Å². The van der Waals surface area contributed by atoms with Crippen molar-refractivity contribution in [2.45, 2.75) is 89.8 Å². The van der Waals surface area contributed by atoms with Crippen LogP contribution in [0.2, 0.25) is 0 Å². The molecule has 46 heavy (non-hydrogen) atoms. The number of rotatable bonds is 14. The number of anilines is 1. The highest BCUT2D eigenvalue weighted by atomic mass is 16.3. The number of phenols is 1. The molecule has 1 amide bonds. The molecule has 2 fully saturated rings. The Morgan fingerprint density at radius 1 is 0.957 bits per heavy atom. The van der Waals surface area contributed by atoms with E-state index >= 15 is 0 Å². The van der Waals surface area contributed by atoms with Crippen LogP contribution in [-0.2, 0) is 32.1 Å². The van der Waals surface area contributed by atoms with E-state index in [2.05, 4.69) is 18.7 Å². The van der Waals surface area contributed by atoms with Gasteiger partial charge in [0.15, 0.2) is 34.7 Å². The van der Waals surface area contributed by atoms with Crippen LogP contribution in [0.3, 0.4) is 0 Å². The Balaban J connectivity index is 1.77. The molecule has 0 saturated heterocycles. The number of aromatic hydroxyl groups is 1. The number of ketones is 4. The monoisotopic (exact) mass is 640 g/mol. The molecule has 3 aliphatic carbocycles. The number of carbonyl (C=O) groups is 5. The van der Waals surface area contributed by atoms with E-state index in [1.165, 1.54) is 4.90 Å². The summed E-state index contributed by atoms with van der Waals surface area (Å²) in [6.07, 6.45) is 7.89. The lowest BCUT2D eigenvalue weighted by Crippen LogP contribution is -2.74. The first-order valence-electron chi connectivity index (χ1n) is 16.8. The Morgan fingerprint density at radius 3 is 2.13 bits per heavy atom. The Kier molecular flexibility index (Phi) is 11.1. The maximum absolute atomic E-state index is 14.4. The summed E-state index contributed by atoms with van der Waals surface area (Å²) in [4.78, 5) is 73.5. The highest BCUT2D eigenvalue weighted by Gasteiger charge is 2.69. The molecule has 2 unspecified atom stereocenters. The SMILES string of the molecule is CCCCCCN(CCCCC)Cc1cc(N(C)C)c2c(c1O)C(=O)C1C(=O)[C@]3(O)C(=O)C(C(N)=O)C(=O)[C@@H](N(C)C)[C@@H]3C[C@@H]1C2. The van der Waals surface area contributed by atoms with Crippen molar-refractivity contribution in [1.82, 2.24) is 9.80 Å². The van der Waals surface area contributed by atoms with Crippen LogP contribution < -0.4 is 10.6 Å². The fourth-order valence-electron chi connectivity index (χ4n) is 8.08. The number of nitrogens with two attached hydrogens (primary N) is 1. The van der Waals surface area contributed by atoms with Crippen LogP contribution in [0.15, 0.2) is 6.07 Å². The van der Waals surface area contributed by atoms with Gasteiger partial charge in [0.2, 0.25) is 5.91 Å². The summed E-state index contributed by atoms with van der Waals surface area (Å²) in [7, 11) is 6.89. The van der Waals surface area contributed by atoms with Crippen molar-refractivity contribution in [3.8, 4) is 5.75 Å². The minimum atomic E-state index is -2.73. The molecule has 2 saturated carbocycles. The second kappa shape index (κ2) is 14.3. The van der Waals surface area contributed by atoms with Crippen LogP contribution in [0.4, 0.5) is 5.69 Å². The first-order valence-corrected chi connectivity index (χ1v) is 16.8. The predicted molar refractivity (Wildman–Crippen MR) is 175 cm³/mol. The molecule has 11 heteroatoms. The van der Waals surface area contributed by atoms with Crippen LogP contribution >= 0.6 is 0 Å². The molecule has 4 N–H and O–H groups in total. The Bertz CT molecular complexity index is 1370. The van der Waals surface area contributed by atoms with Crippen LogP contribution in [0.1, 0.15) is 86.7 Å². The van der Waals surface area contributed by atoms with Gasteiger partial charge in [0, 0.05) is 37.8 Å². The molecule has 1 aromatic carbocycles. The largest absolute Gasteiger partial charge is 0.507 e. The highest BCUT2D eigenvalue weighted by molar-refractivity contribution is 6.32. The first kappa shape index (κ1) is 35.7. The lowest BCUT2D eigenvalue weighted by atomic mass is 9.52. The summed E-state index contributed by atoms with van der Waals surface area (Å²) < 4.78 is 0. The highest BCUT2D eigenvalue weighted by Crippen LogP contribution is 2.52. The lowest BCUT2D eigenvalue weighted by Gasteiger charge is -2.52. The second-order valence-electron chi connectivity index (χ2n) is 14.0. The molecule has 6 atom stereocenters. The van der Waals surface area contributed by atoms with Crippen LogP contribution in [0.5, 0.6) is 5.75 Å². The number of aliphatic hydroxyl groups is 1. The van der Waals surface area contributed by atoms with Crippen molar-refractivity contribution in [1.29, 1.82) is 0 Å². The van der Waals surface area contributed by atoms with Gasteiger partial charge in [-0.15, -0.1) is 0 Å². The number of Topliss-reactive ketones (excluding diaryl/α,β-unsaturated/α-hetero) is 4. The number of primary amides is 1. The smallest absolute Gasteiger partial charge is 0.235 e. The van der Waals surface area contributed by atoms with Crippen molar-refractivity contribution < 1.29 is 34.2 Å². The third-order valence-corrected chi connectivity index (χ3v) is 10.4. The van der Waals surface area contributed by atoms with E-state index in [0.717, 1.165) is 63.7 Å². The zero-order valence-electron chi connectivity index (χ0n) is 28.3. The number of fused-ring (bicyclic) bond motifs is 3. The summed E-state index contributed by atoms with van der Waals surface area (Å²) in [6, 6.07) is 0.803. The zero-order chi connectivity index (χ0) is 34.1. The van der Waals surface area contributed by atoms with E-state index in [4.69, 9.17) is 5.73 Å². The van der Waals surface area contributed by atoms with Gasteiger partial charge in [-0.1, -0.05) is 46.0 Å². The average Bonchev–Trinajstić information content (AvgIpc) is 2.97. The molecule has 0 heterocycles. The van der Waals surface area contributed by atoms with Gasteiger partial charge in [-0.05, 0) is 70.4 Å². The molecule has 1 aromatic rings. The van der Waals surface area contributed by atoms with Crippen molar-refractivity contribution in [2.24, 2.45) is 29.4 Å². The van der Waals surface area contributed by atoms with Gasteiger partial charge in [-0.25, -0.2) is 0 Å². The number of unbranched alkanes of at least 4 members (excludes halogenated alkanes) is 5. The van der Waals surface area contributed by atoms with Gasteiger partial charge in [0.1, 0.15) is 5.75 Å². The second-order valence-corrected chi connectivity index (χ2v) is 14.0. The minimum Gasteiger partial charge on any atom is -0.507 e. The molecule has 254 valence electrons. The number of nitrogens with zero attached hydrogens (tertiary/aromatic N) is 3. The maximum atomic E-state index is 14.4. The number of phenolic OH excluding ortho intramolecular Hbond substituents is 1. The minimum absolute atomic E-state index is 0.0300. The number of hydrogen-bond acceptors (Lipinski definition) is 10. The molecule has 11 nitrogen and oxygen atoms in total. The summed E-state index contributed by atoms with van der Waals surface area (Å²) in [6.45, 7) is 6.47. The van der Waals surface area contributed by atoms with E-state index in [1.54, 1.807) is 14.1 Å². The molecule has 4 rings (SSSR count). The van der Waals surface area contributed by atoms with Crippen molar-refractivity contribution in [3.05, 3.63) is 22.8 Å². The van der Waals surface area contributed by atoms with Crippen molar-refractivity contribution >= 4 is 34.7 Å². The molecular weight excluding hydrogens is 588 g/mol.